The molecule has 5 heteroatoms. The van der Waals surface area contributed by atoms with Crippen LogP contribution in [0.1, 0.15) is 40.5 Å². The average Bonchev–Trinajstić information content (AvgIpc) is 2.32. The molecule has 0 aliphatic carbocycles. The number of nitrogens with zero attached hydrogens (tertiary/aromatic N) is 2. The Morgan fingerprint density at radius 1 is 1.33 bits per heavy atom. The third-order valence-corrected chi connectivity index (χ3v) is 4.15. The molecule has 0 aromatic heterocycles. The molecule has 0 bridgehead atoms. The van der Waals surface area contributed by atoms with Gasteiger partial charge in [0.25, 0.3) is 0 Å². The molecule has 4 nitrogen and oxygen atoms in total. The summed E-state index contributed by atoms with van der Waals surface area (Å²) in [7, 11) is 0. The van der Waals surface area contributed by atoms with Crippen LogP contribution in [0.4, 0.5) is 10.5 Å². The van der Waals surface area contributed by atoms with E-state index >= 15 is 0 Å². The number of aliphatic hydroxyl groups is 1. The number of hydrogen-bond acceptors (Lipinski definition) is 2. The van der Waals surface area contributed by atoms with Gasteiger partial charge >= 0.3 is 6.03 Å². The molecule has 116 valence electrons. The lowest BCUT2D eigenvalue weighted by Gasteiger charge is -2.53. The van der Waals surface area contributed by atoms with Crippen LogP contribution in [0.25, 0.3) is 0 Å². The van der Waals surface area contributed by atoms with Crippen LogP contribution in [-0.4, -0.2) is 33.8 Å². The Balaban J connectivity index is 2.46. The number of rotatable bonds is 3. The molecular weight excluding hydrogens is 288 g/mol. The van der Waals surface area contributed by atoms with Crippen LogP contribution in [-0.2, 0) is 0 Å². The zero-order valence-electron chi connectivity index (χ0n) is 13.1. The average molecular weight is 311 g/mol. The zero-order valence-corrected chi connectivity index (χ0v) is 13.8. The highest BCUT2D eigenvalue weighted by Gasteiger charge is 2.50. The van der Waals surface area contributed by atoms with Gasteiger partial charge in [0.2, 0.25) is 0 Å². The predicted molar refractivity (Wildman–Crippen MR) is 85.6 cm³/mol. The minimum Gasteiger partial charge on any atom is -0.371 e. The third-order valence-electron chi connectivity index (χ3n) is 3.92. The Morgan fingerprint density at radius 3 is 2.57 bits per heavy atom. The summed E-state index contributed by atoms with van der Waals surface area (Å²) >= 11 is 6.03. The smallest absolute Gasteiger partial charge is 0.327 e. The fraction of sp³-hybridized carbons (Fsp3) is 0.562. The van der Waals surface area contributed by atoms with Gasteiger partial charge in [-0.15, -0.1) is 0 Å². The van der Waals surface area contributed by atoms with E-state index in [1.807, 2.05) is 25.7 Å². The van der Waals surface area contributed by atoms with Crippen LogP contribution in [0.3, 0.4) is 0 Å². The number of anilines is 1. The van der Waals surface area contributed by atoms with Gasteiger partial charge in [-0.1, -0.05) is 24.6 Å². The summed E-state index contributed by atoms with van der Waals surface area (Å²) in [4.78, 5) is 16.2. The minimum absolute atomic E-state index is 0.180. The van der Waals surface area contributed by atoms with Crippen LogP contribution in [0.5, 0.6) is 0 Å². The van der Waals surface area contributed by atoms with Gasteiger partial charge in [0.1, 0.15) is 5.72 Å². The largest absolute Gasteiger partial charge is 0.371 e. The first-order chi connectivity index (χ1) is 9.69. The summed E-state index contributed by atoms with van der Waals surface area (Å²) in [6, 6.07) is 6.85. The van der Waals surface area contributed by atoms with E-state index < -0.39 is 5.72 Å². The number of benzene rings is 1. The van der Waals surface area contributed by atoms with Crippen molar-refractivity contribution in [2.24, 2.45) is 0 Å². The molecule has 2 amide bonds. The molecule has 0 radical (unpaired) electrons. The molecule has 1 fully saturated rings. The standard InChI is InChI=1S/C16H23ClN2O2/c1-5-9-18-14(20)19(13-8-6-7-12(17)10-13)16(4,21)11-15(18,2)3/h6-8,10,21H,5,9,11H2,1-4H3/t16-/m1/s1. The van der Waals surface area contributed by atoms with Gasteiger partial charge in [-0.3, -0.25) is 4.90 Å². The fourth-order valence-electron chi connectivity index (χ4n) is 3.21. The van der Waals surface area contributed by atoms with E-state index in [1.54, 1.807) is 31.2 Å². The number of amides is 2. The lowest BCUT2D eigenvalue weighted by molar-refractivity contribution is -0.0252. The summed E-state index contributed by atoms with van der Waals surface area (Å²) in [5, 5.41) is 11.4. The van der Waals surface area contributed by atoms with Gasteiger partial charge in [0, 0.05) is 29.2 Å². The maximum absolute atomic E-state index is 12.9. The molecule has 1 saturated heterocycles. The van der Waals surface area contributed by atoms with Gasteiger partial charge in [-0.2, -0.15) is 0 Å². The molecule has 1 aromatic carbocycles. The summed E-state index contributed by atoms with van der Waals surface area (Å²) in [6.07, 6.45) is 1.35. The number of carbonyl (C=O) groups is 1. The Kier molecular flexibility index (Phi) is 4.22. The van der Waals surface area contributed by atoms with Crippen LogP contribution >= 0.6 is 11.6 Å². The van der Waals surface area contributed by atoms with E-state index in [9.17, 15) is 9.90 Å². The highest BCUT2D eigenvalue weighted by Crippen LogP contribution is 2.39. The molecule has 1 aliphatic rings. The van der Waals surface area contributed by atoms with E-state index in [0.717, 1.165) is 6.42 Å². The van der Waals surface area contributed by atoms with Gasteiger partial charge in [-0.25, -0.2) is 4.79 Å². The molecule has 0 spiro atoms. The topological polar surface area (TPSA) is 43.8 Å². The zero-order chi connectivity index (χ0) is 15.8. The Hall–Kier alpha value is -1.26. The van der Waals surface area contributed by atoms with Gasteiger partial charge in [-0.05, 0) is 45.4 Å². The lowest BCUT2D eigenvalue weighted by atomic mass is 9.87. The SMILES string of the molecule is CCCN1C(=O)N(c2cccc(Cl)c2)[C@](C)(O)CC1(C)C. The van der Waals surface area contributed by atoms with Crippen molar-refractivity contribution in [1.29, 1.82) is 0 Å². The number of urea groups is 1. The van der Waals surface area contributed by atoms with Crippen LogP contribution in [0.15, 0.2) is 24.3 Å². The molecule has 1 N–H and O–H groups in total. The summed E-state index contributed by atoms with van der Waals surface area (Å²) < 4.78 is 0. The summed E-state index contributed by atoms with van der Waals surface area (Å²) in [5.74, 6) is 0. The molecule has 1 heterocycles. The van der Waals surface area contributed by atoms with Gasteiger partial charge in [0.15, 0.2) is 0 Å². The van der Waals surface area contributed by atoms with Crippen molar-refractivity contribution >= 4 is 23.3 Å². The second-order valence-corrected chi connectivity index (χ2v) is 6.89. The lowest BCUT2D eigenvalue weighted by Crippen LogP contribution is -2.68. The number of halogens is 1. The van der Waals surface area contributed by atoms with Crippen molar-refractivity contribution in [3.63, 3.8) is 0 Å². The normalized spacial score (nSPS) is 25.3. The summed E-state index contributed by atoms with van der Waals surface area (Å²) in [5.41, 5.74) is -1.00. The van der Waals surface area contributed by atoms with Crippen LogP contribution in [0, 0.1) is 0 Å². The molecule has 21 heavy (non-hydrogen) atoms. The Bertz CT molecular complexity index is 543. The second kappa shape index (κ2) is 5.50. The molecule has 0 unspecified atom stereocenters. The highest BCUT2D eigenvalue weighted by molar-refractivity contribution is 6.30. The van der Waals surface area contributed by atoms with Crippen molar-refractivity contribution in [2.75, 3.05) is 11.4 Å². The van der Waals surface area contributed by atoms with Crippen molar-refractivity contribution in [3.05, 3.63) is 29.3 Å². The maximum Gasteiger partial charge on any atom is 0.327 e. The van der Waals surface area contributed by atoms with Crippen LogP contribution < -0.4 is 4.90 Å². The Morgan fingerprint density at radius 2 is 2.00 bits per heavy atom. The third kappa shape index (κ3) is 3.01. The van der Waals surface area contributed by atoms with Gasteiger partial charge < -0.3 is 10.0 Å². The second-order valence-electron chi connectivity index (χ2n) is 6.46. The van der Waals surface area contributed by atoms with Crippen LogP contribution in [0.2, 0.25) is 5.02 Å². The number of carbonyl (C=O) groups excluding carboxylic acids is 1. The van der Waals surface area contributed by atoms with E-state index in [4.69, 9.17) is 11.6 Å². The first-order valence-corrected chi connectivity index (χ1v) is 7.66. The summed E-state index contributed by atoms with van der Waals surface area (Å²) in [6.45, 7) is 8.37. The fourth-order valence-corrected chi connectivity index (χ4v) is 3.39. The molecule has 0 saturated carbocycles. The van der Waals surface area contributed by atoms with Crippen molar-refractivity contribution in [3.8, 4) is 0 Å². The molecular formula is C16H23ClN2O2. The van der Waals surface area contributed by atoms with Crippen molar-refractivity contribution < 1.29 is 9.90 Å². The van der Waals surface area contributed by atoms with E-state index in [-0.39, 0.29) is 11.6 Å². The Labute approximate surface area is 131 Å². The monoisotopic (exact) mass is 310 g/mol. The molecule has 1 atom stereocenters. The van der Waals surface area contributed by atoms with E-state index in [1.165, 1.54) is 4.90 Å². The first-order valence-electron chi connectivity index (χ1n) is 7.29. The van der Waals surface area contributed by atoms with Gasteiger partial charge in [0.05, 0.1) is 0 Å². The molecule has 1 aliphatic heterocycles. The predicted octanol–water partition coefficient (Wildman–Crippen LogP) is 3.87. The van der Waals surface area contributed by atoms with E-state index in [0.29, 0.717) is 23.7 Å². The number of hydrogen-bond donors (Lipinski definition) is 1. The van der Waals surface area contributed by atoms with Crippen molar-refractivity contribution in [2.45, 2.75) is 51.8 Å². The molecule has 1 aromatic rings. The highest BCUT2D eigenvalue weighted by atomic mass is 35.5. The minimum atomic E-state index is -1.24. The van der Waals surface area contributed by atoms with E-state index in [2.05, 4.69) is 0 Å². The molecule has 2 rings (SSSR count). The van der Waals surface area contributed by atoms with Crippen molar-refractivity contribution in [1.82, 2.24) is 4.90 Å². The maximum atomic E-state index is 12.9. The quantitative estimate of drug-likeness (QED) is 0.921. The first kappa shape index (κ1) is 16.1.